The molecule has 5 amide bonds. The van der Waals surface area contributed by atoms with E-state index < -0.39 is 35.8 Å². The Morgan fingerprint density at radius 3 is 2.26 bits per heavy atom. The van der Waals surface area contributed by atoms with Crippen LogP contribution in [-0.4, -0.2) is 41.8 Å². The largest absolute Gasteiger partial charge is 0.497 e. The van der Waals surface area contributed by atoms with Crippen molar-refractivity contribution in [3.05, 3.63) is 83.8 Å². The smallest absolute Gasteiger partial charge is 0.322 e. The van der Waals surface area contributed by atoms with Gasteiger partial charge >= 0.3 is 6.03 Å². The summed E-state index contributed by atoms with van der Waals surface area (Å²) in [5.74, 6) is -0.196. The van der Waals surface area contributed by atoms with E-state index in [2.05, 4.69) is 29.8 Å². The first-order valence-electron chi connectivity index (χ1n) is 12.2. The molecule has 198 valence electrons. The van der Waals surface area contributed by atoms with Gasteiger partial charge in [0, 0.05) is 5.69 Å². The van der Waals surface area contributed by atoms with Gasteiger partial charge < -0.3 is 24.7 Å². The molecule has 3 N–H and O–H groups in total. The second-order valence-electron chi connectivity index (χ2n) is 9.26. The van der Waals surface area contributed by atoms with Gasteiger partial charge in [0.2, 0.25) is 5.91 Å². The van der Waals surface area contributed by atoms with Crippen molar-refractivity contribution in [1.29, 1.82) is 0 Å². The summed E-state index contributed by atoms with van der Waals surface area (Å²) in [6.07, 6.45) is 1.14. The summed E-state index contributed by atoms with van der Waals surface area (Å²) < 4.78 is 10.7. The number of carbonyl (C=O) groups is 4. The van der Waals surface area contributed by atoms with Gasteiger partial charge in [-0.2, -0.15) is 0 Å². The summed E-state index contributed by atoms with van der Waals surface area (Å²) in [5, 5.41) is 7.48. The number of urea groups is 1. The highest BCUT2D eigenvalue weighted by Crippen LogP contribution is 2.28. The minimum Gasteiger partial charge on any atom is -0.497 e. The summed E-state index contributed by atoms with van der Waals surface area (Å²) in [5.41, 5.74) is 2.23. The minimum absolute atomic E-state index is 0.0372. The molecule has 1 aromatic heterocycles. The zero-order chi connectivity index (χ0) is 27.2. The molecule has 10 nitrogen and oxygen atoms in total. The van der Waals surface area contributed by atoms with Crippen LogP contribution in [-0.2, 0) is 20.9 Å². The van der Waals surface area contributed by atoms with Crippen LogP contribution in [0.2, 0.25) is 0 Å². The van der Waals surface area contributed by atoms with Crippen LogP contribution in [0.25, 0.3) is 0 Å². The number of carbonyl (C=O) groups excluding carboxylic acids is 4. The summed E-state index contributed by atoms with van der Waals surface area (Å²) in [4.78, 5) is 52.5. The number of nitrogens with one attached hydrogen (secondary N) is 3. The van der Waals surface area contributed by atoms with Gasteiger partial charge in [-0.15, -0.1) is 0 Å². The van der Waals surface area contributed by atoms with E-state index in [0.717, 1.165) is 5.56 Å². The molecule has 0 radical (unpaired) electrons. The number of rotatable bonds is 10. The molecule has 0 spiro atoms. The lowest BCUT2D eigenvalue weighted by Crippen LogP contribution is -2.44. The van der Waals surface area contributed by atoms with Gasteiger partial charge in [0.15, 0.2) is 0 Å². The highest BCUT2D eigenvalue weighted by Gasteiger charge is 2.37. The normalized spacial score (nSPS) is 15.5. The van der Waals surface area contributed by atoms with E-state index in [4.69, 9.17) is 9.15 Å². The Morgan fingerprint density at radius 1 is 1.03 bits per heavy atom. The maximum absolute atomic E-state index is 13.8. The fourth-order valence-corrected chi connectivity index (χ4v) is 4.21. The Labute approximate surface area is 220 Å². The summed E-state index contributed by atoms with van der Waals surface area (Å²) in [6.45, 7) is 4.13. The summed E-state index contributed by atoms with van der Waals surface area (Å²) >= 11 is 0. The average molecular weight is 519 g/mol. The molecule has 1 aliphatic heterocycles. The second-order valence-corrected chi connectivity index (χ2v) is 9.26. The Bertz CT molecular complexity index is 1290. The zero-order valence-corrected chi connectivity index (χ0v) is 21.4. The molecule has 0 saturated carbocycles. The van der Waals surface area contributed by atoms with Crippen molar-refractivity contribution in [2.75, 3.05) is 12.4 Å². The number of hydrogen-bond donors (Lipinski definition) is 3. The van der Waals surface area contributed by atoms with Gasteiger partial charge in [-0.1, -0.05) is 38.1 Å². The molecule has 2 atom stereocenters. The van der Waals surface area contributed by atoms with E-state index >= 15 is 0 Å². The number of imide groups is 1. The van der Waals surface area contributed by atoms with Crippen LogP contribution in [0.4, 0.5) is 10.5 Å². The van der Waals surface area contributed by atoms with Crippen molar-refractivity contribution < 1.29 is 28.3 Å². The van der Waals surface area contributed by atoms with E-state index in [0.29, 0.717) is 28.7 Å². The second kappa shape index (κ2) is 11.6. The lowest BCUT2D eigenvalue weighted by atomic mass is 10.0. The maximum atomic E-state index is 13.8. The molecule has 1 saturated heterocycles. The van der Waals surface area contributed by atoms with Crippen LogP contribution in [0.3, 0.4) is 0 Å². The summed E-state index contributed by atoms with van der Waals surface area (Å²) in [6, 6.07) is 14.9. The SMILES string of the molecule is COc1ccc([C@H](C(=O)Nc2ccc(C(C)C)cc2)N(Cc2ccco2)C(=O)C[C@H]2NC(=O)NC2=O)cc1. The van der Waals surface area contributed by atoms with E-state index in [1.807, 2.05) is 24.3 Å². The molecular weight excluding hydrogens is 488 g/mol. The predicted molar refractivity (Wildman–Crippen MR) is 139 cm³/mol. The first kappa shape index (κ1) is 26.5. The third kappa shape index (κ3) is 6.20. The number of nitrogens with zero attached hydrogens (tertiary/aromatic N) is 1. The number of ether oxygens (including phenoxy) is 1. The molecule has 1 fully saturated rings. The molecule has 4 rings (SSSR count). The molecule has 2 aromatic carbocycles. The molecule has 2 heterocycles. The van der Waals surface area contributed by atoms with Crippen LogP contribution in [0.1, 0.15) is 49.1 Å². The molecule has 3 aromatic rings. The Kier molecular flexibility index (Phi) is 8.10. The fourth-order valence-electron chi connectivity index (χ4n) is 4.21. The van der Waals surface area contributed by atoms with Gasteiger partial charge in [-0.05, 0) is 53.4 Å². The van der Waals surface area contributed by atoms with E-state index in [1.54, 1.807) is 36.4 Å². The van der Waals surface area contributed by atoms with Crippen molar-refractivity contribution in [3.8, 4) is 5.75 Å². The van der Waals surface area contributed by atoms with Crippen LogP contribution >= 0.6 is 0 Å². The highest BCUT2D eigenvalue weighted by molar-refractivity contribution is 6.06. The van der Waals surface area contributed by atoms with Crippen LogP contribution in [0.15, 0.2) is 71.3 Å². The maximum Gasteiger partial charge on any atom is 0.322 e. The zero-order valence-electron chi connectivity index (χ0n) is 21.4. The lowest BCUT2D eigenvalue weighted by Gasteiger charge is -2.31. The number of furan rings is 1. The molecule has 0 bridgehead atoms. The molecule has 38 heavy (non-hydrogen) atoms. The van der Waals surface area contributed by atoms with Crippen molar-refractivity contribution in [2.45, 2.75) is 44.8 Å². The van der Waals surface area contributed by atoms with Gasteiger partial charge in [-0.3, -0.25) is 19.7 Å². The Hall–Kier alpha value is -4.60. The topological polar surface area (TPSA) is 130 Å². The van der Waals surface area contributed by atoms with Crippen molar-refractivity contribution in [2.24, 2.45) is 0 Å². The quantitative estimate of drug-likeness (QED) is 0.351. The molecular formula is C28H30N4O6. The predicted octanol–water partition coefficient (Wildman–Crippen LogP) is 3.72. The number of anilines is 1. The molecule has 0 unspecified atom stereocenters. The Morgan fingerprint density at radius 2 is 1.71 bits per heavy atom. The number of hydrogen-bond acceptors (Lipinski definition) is 6. The standard InChI is InChI=1S/C28H30N4O6/c1-17(2)18-6-10-20(11-7-18)29-27(35)25(19-8-12-21(37-3)13-9-19)32(16-22-5-4-14-38-22)24(33)15-23-26(34)31-28(36)30-23/h4-14,17,23,25H,15-16H2,1-3H3,(H,29,35)(H2,30,31,34,36)/t23-,25-/m1/s1. The first-order chi connectivity index (χ1) is 18.2. The van der Waals surface area contributed by atoms with Gasteiger partial charge in [0.1, 0.15) is 23.6 Å². The van der Waals surface area contributed by atoms with Crippen LogP contribution in [0.5, 0.6) is 5.75 Å². The molecule has 1 aliphatic rings. The third-order valence-corrected chi connectivity index (χ3v) is 6.30. The van der Waals surface area contributed by atoms with E-state index in [9.17, 15) is 19.2 Å². The van der Waals surface area contributed by atoms with Gasteiger partial charge in [-0.25, -0.2) is 4.79 Å². The third-order valence-electron chi connectivity index (χ3n) is 6.30. The Balaban J connectivity index is 1.68. The average Bonchev–Trinajstić information content (AvgIpc) is 3.53. The number of methoxy groups -OCH3 is 1. The van der Waals surface area contributed by atoms with Crippen LogP contribution in [0, 0.1) is 0 Å². The molecule has 10 heteroatoms. The van der Waals surface area contributed by atoms with Gasteiger partial charge in [0.25, 0.3) is 11.8 Å². The fraction of sp³-hybridized carbons (Fsp3) is 0.286. The van der Waals surface area contributed by atoms with Crippen molar-refractivity contribution in [3.63, 3.8) is 0 Å². The van der Waals surface area contributed by atoms with Crippen LogP contribution < -0.4 is 20.7 Å². The summed E-state index contributed by atoms with van der Waals surface area (Å²) in [7, 11) is 1.54. The molecule has 0 aliphatic carbocycles. The lowest BCUT2D eigenvalue weighted by molar-refractivity contribution is -0.141. The van der Waals surface area contributed by atoms with Crippen molar-refractivity contribution in [1.82, 2.24) is 15.5 Å². The first-order valence-corrected chi connectivity index (χ1v) is 12.2. The van der Waals surface area contributed by atoms with E-state index in [-0.39, 0.29) is 13.0 Å². The number of amides is 5. The minimum atomic E-state index is -1.08. The highest BCUT2D eigenvalue weighted by atomic mass is 16.5. The number of benzene rings is 2. The monoisotopic (exact) mass is 518 g/mol. The van der Waals surface area contributed by atoms with E-state index in [1.165, 1.54) is 18.3 Å². The van der Waals surface area contributed by atoms with Gasteiger partial charge in [0.05, 0.1) is 26.3 Å². The van der Waals surface area contributed by atoms with Crippen molar-refractivity contribution >= 4 is 29.4 Å².